The van der Waals surface area contributed by atoms with E-state index < -0.39 is 26.7 Å². The smallest absolute Gasteiger partial charge is 0.248 e. The maximum Gasteiger partial charge on any atom is 0.248 e. The van der Waals surface area contributed by atoms with Crippen molar-refractivity contribution in [3.05, 3.63) is 35.7 Å². The third-order valence-electron chi connectivity index (χ3n) is 3.32. The first-order valence-electron chi connectivity index (χ1n) is 6.79. The highest BCUT2D eigenvalue weighted by molar-refractivity contribution is 7.89. The first kappa shape index (κ1) is 17.0. The van der Waals surface area contributed by atoms with Crippen molar-refractivity contribution in [3.8, 4) is 5.75 Å². The van der Waals surface area contributed by atoms with Gasteiger partial charge in [0, 0.05) is 11.4 Å². The fourth-order valence-corrected chi connectivity index (χ4v) is 2.87. The molecule has 1 heterocycles. The van der Waals surface area contributed by atoms with Gasteiger partial charge in [-0.15, -0.1) is 0 Å². The second kappa shape index (κ2) is 6.01. The number of carbonyl (C=O) groups is 1. The number of primary sulfonamides is 1. The predicted molar refractivity (Wildman–Crippen MR) is 84.5 cm³/mol. The van der Waals surface area contributed by atoms with E-state index in [2.05, 4.69) is 10.4 Å². The zero-order valence-electron chi connectivity index (χ0n) is 12.9. The van der Waals surface area contributed by atoms with Crippen LogP contribution in [0.3, 0.4) is 0 Å². The highest BCUT2D eigenvalue weighted by Crippen LogP contribution is 2.25. The Balaban J connectivity index is 2.25. The maximum atomic E-state index is 12.3. The molecule has 0 saturated carbocycles. The molecule has 0 spiro atoms. The molecule has 0 aliphatic heterocycles. The molecule has 0 bridgehead atoms. The summed E-state index contributed by atoms with van der Waals surface area (Å²) in [5.41, 5.74) is 1.84. The van der Waals surface area contributed by atoms with E-state index in [4.69, 9.17) is 5.14 Å². The molecule has 0 aliphatic rings. The van der Waals surface area contributed by atoms with Gasteiger partial charge in [-0.1, -0.05) is 0 Å². The van der Waals surface area contributed by atoms with E-state index in [1.54, 1.807) is 11.6 Å². The monoisotopic (exact) mass is 338 g/mol. The van der Waals surface area contributed by atoms with Crippen LogP contribution in [0.4, 0.5) is 5.69 Å². The summed E-state index contributed by atoms with van der Waals surface area (Å²) in [5.74, 6) is -0.848. The lowest BCUT2D eigenvalue weighted by Gasteiger charge is -2.15. The Morgan fingerprint density at radius 2 is 2.00 bits per heavy atom. The zero-order valence-corrected chi connectivity index (χ0v) is 13.8. The second-order valence-corrected chi connectivity index (χ2v) is 6.79. The molecule has 2 rings (SSSR count). The van der Waals surface area contributed by atoms with Crippen LogP contribution in [0.5, 0.6) is 5.75 Å². The first-order chi connectivity index (χ1) is 10.6. The van der Waals surface area contributed by atoms with Crippen LogP contribution in [0.1, 0.15) is 24.4 Å². The molecular weight excluding hydrogens is 320 g/mol. The molecule has 4 N–H and O–H groups in total. The number of phenols is 1. The fraction of sp³-hybridized carbons (Fsp3) is 0.286. The van der Waals surface area contributed by atoms with E-state index in [-0.39, 0.29) is 11.6 Å². The standard InChI is InChI=1S/C14H18N4O4S/c1-8-6-9(2)18(17-8)10(3)14(20)16-11-4-5-12(19)13(7-11)23(15,21)22/h4-7,10,19H,1-3H3,(H,16,20)(H2,15,21,22)/t10-/m0/s1. The van der Waals surface area contributed by atoms with Crippen molar-refractivity contribution in [2.75, 3.05) is 5.32 Å². The normalized spacial score (nSPS) is 12.9. The summed E-state index contributed by atoms with van der Waals surface area (Å²) in [7, 11) is -4.09. The van der Waals surface area contributed by atoms with E-state index in [9.17, 15) is 18.3 Å². The SMILES string of the molecule is Cc1cc(C)n([C@@H](C)C(=O)Nc2ccc(O)c(S(N)(=O)=O)c2)n1. The number of aromatic nitrogens is 2. The number of nitrogens with zero attached hydrogens (tertiary/aromatic N) is 2. The fourth-order valence-electron chi connectivity index (χ4n) is 2.22. The van der Waals surface area contributed by atoms with Gasteiger partial charge in [0.1, 0.15) is 16.7 Å². The zero-order chi connectivity index (χ0) is 17.4. The molecule has 0 saturated heterocycles. The van der Waals surface area contributed by atoms with Gasteiger partial charge in [0.05, 0.1) is 5.69 Å². The van der Waals surface area contributed by atoms with Crippen LogP contribution >= 0.6 is 0 Å². The van der Waals surface area contributed by atoms with Crippen molar-refractivity contribution in [3.63, 3.8) is 0 Å². The second-order valence-electron chi connectivity index (χ2n) is 5.26. The van der Waals surface area contributed by atoms with Crippen molar-refractivity contribution in [1.82, 2.24) is 9.78 Å². The Labute approximate surface area is 134 Å². The van der Waals surface area contributed by atoms with Crippen molar-refractivity contribution in [2.45, 2.75) is 31.7 Å². The van der Waals surface area contributed by atoms with Crippen molar-refractivity contribution in [1.29, 1.82) is 0 Å². The average molecular weight is 338 g/mol. The molecule has 1 atom stereocenters. The predicted octanol–water partition coefficient (Wildman–Crippen LogP) is 1.05. The minimum atomic E-state index is -4.09. The molecule has 8 nitrogen and oxygen atoms in total. The van der Waals surface area contributed by atoms with Crippen LogP contribution in [-0.2, 0) is 14.8 Å². The van der Waals surface area contributed by atoms with Gasteiger partial charge in [-0.2, -0.15) is 5.10 Å². The van der Waals surface area contributed by atoms with Gasteiger partial charge in [-0.3, -0.25) is 9.48 Å². The summed E-state index contributed by atoms with van der Waals surface area (Å²) >= 11 is 0. The number of aromatic hydroxyl groups is 1. The Morgan fingerprint density at radius 3 is 2.52 bits per heavy atom. The molecule has 0 unspecified atom stereocenters. The maximum absolute atomic E-state index is 12.3. The number of amides is 1. The Hall–Kier alpha value is -2.39. The number of aryl methyl sites for hydroxylation is 2. The third-order valence-corrected chi connectivity index (χ3v) is 4.26. The molecule has 9 heteroatoms. The van der Waals surface area contributed by atoms with Crippen molar-refractivity contribution >= 4 is 21.6 Å². The highest BCUT2D eigenvalue weighted by atomic mass is 32.2. The molecule has 0 aliphatic carbocycles. The third kappa shape index (κ3) is 3.69. The molecule has 0 fully saturated rings. The van der Waals surface area contributed by atoms with Gasteiger partial charge in [0.15, 0.2) is 0 Å². The first-order valence-corrected chi connectivity index (χ1v) is 8.33. The van der Waals surface area contributed by atoms with Crippen LogP contribution in [0, 0.1) is 13.8 Å². The molecular formula is C14H18N4O4S. The molecule has 2 aromatic rings. The summed E-state index contributed by atoms with van der Waals surface area (Å²) < 4.78 is 24.3. The van der Waals surface area contributed by atoms with E-state index in [0.717, 1.165) is 23.5 Å². The van der Waals surface area contributed by atoms with Crippen LogP contribution < -0.4 is 10.5 Å². The Morgan fingerprint density at radius 1 is 1.35 bits per heavy atom. The number of rotatable bonds is 4. The number of anilines is 1. The largest absolute Gasteiger partial charge is 0.507 e. The highest BCUT2D eigenvalue weighted by Gasteiger charge is 2.20. The van der Waals surface area contributed by atoms with Gasteiger partial charge in [-0.25, -0.2) is 13.6 Å². The number of nitrogens with one attached hydrogen (secondary N) is 1. The molecule has 1 amide bonds. The Kier molecular flexibility index (Phi) is 4.44. The number of nitrogens with two attached hydrogens (primary N) is 1. The molecule has 124 valence electrons. The van der Waals surface area contributed by atoms with Crippen molar-refractivity contribution < 1.29 is 18.3 Å². The average Bonchev–Trinajstić information content (AvgIpc) is 2.77. The van der Waals surface area contributed by atoms with Gasteiger partial charge in [0.2, 0.25) is 15.9 Å². The summed E-state index contributed by atoms with van der Waals surface area (Å²) in [4.78, 5) is 11.9. The lowest BCUT2D eigenvalue weighted by atomic mass is 10.2. The molecule has 1 aromatic carbocycles. The van der Waals surface area contributed by atoms with Crippen LogP contribution in [0.25, 0.3) is 0 Å². The van der Waals surface area contributed by atoms with Gasteiger partial charge < -0.3 is 10.4 Å². The summed E-state index contributed by atoms with van der Waals surface area (Å²) in [6, 6.07) is 4.91. The molecule has 1 aromatic heterocycles. The lowest BCUT2D eigenvalue weighted by Crippen LogP contribution is -2.25. The number of phenolic OH excluding ortho intramolecular Hbond substituents is 1. The van der Waals surface area contributed by atoms with E-state index >= 15 is 0 Å². The van der Waals surface area contributed by atoms with Crippen LogP contribution in [0.2, 0.25) is 0 Å². The summed E-state index contributed by atoms with van der Waals surface area (Å²) in [6.45, 7) is 5.34. The minimum Gasteiger partial charge on any atom is -0.507 e. The number of benzene rings is 1. The number of carbonyl (C=O) groups excluding carboxylic acids is 1. The van der Waals surface area contributed by atoms with Gasteiger partial charge >= 0.3 is 0 Å². The van der Waals surface area contributed by atoms with Crippen molar-refractivity contribution in [2.24, 2.45) is 5.14 Å². The van der Waals surface area contributed by atoms with E-state index in [0.29, 0.717) is 0 Å². The quantitative estimate of drug-likeness (QED) is 0.718. The molecule has 0 radical (unpaired) electrons. The number of sulfonamides is 1. The topological polar surface area (TPSA) is 127 Å². The molecule has 23 heavy (non-hydrogen) atoms. The van der Waals surface area contributed by atoms with E-state index in [1.807, 2.05) is 19.9 Å². The Bertz CT molecular complexity index is 858. The summed E-state index contributed by atoms with van der Waals surface area (Å²) in [5, 5.41) is 21.4. The lowest BCUT2D eigenvalue weighted by molar-refractivity contribution is -0.119. The summed E-state index contributed by atoms with van der Waals surface area (Å²) in [6.07, 6.45) is 0. The number of hydrogen-bond acceptors (Lipinski definition) is 5. The van der Waals surface area contributed by atoms with Gasteiger partial charge in [-0.05, 0) is 45.0 Å². The van der Waals surface area contributed by atoms with E-state index in [1.165, 1.54) is 6.07 Å². The van der Waals surface area contributed by atoms with Gasteiger partial charge in [0.25, 0.3) is 0 Å². The minimum absolute atomic E-state index is 0.213. The number of hydrogen-bond donors (Lipinski definition) is 3. The van der Waals surface area contributed by atoms with Crippen LogP contribution in [-0.4, -0.2) is 29.2 Å². The van der Waals surface area contributed by atoms with Crippen LogP contribution in [0.15, 0.2) is 29.2 Å².